The fourth-order valence-electron chi connectivity index (χ4n) is 1.45. The van der Waals surface area contributed by atoms with Gasteiger partial charge in [0.25, 0.3) is 0 Å². The van der Waals surface area contributed by atoms with Crippen molar-refractivity contribution in [2.24, 2.45) is 5.16 Å². The van der Waals surface area contributed by atoms with Gasteiger partial charge >= 0.3 is 0 Å². The van der Waals surface area contributed by atoms with E-state index in [4.69, 9.17) is 4.74 Å². The average Bonchev–Trinajstić information content (AvgIpc) is 2.19. The number of halogens is 1. The molecule has 0 aromatic heterocycles. The lowest BCUT2D eigenvalue weighted by Crippen LogP contribution is -2.16. The van der Waals surface area contributed by atoms with Gasteiger partial charge in [0, 0.05) is 12.0 Å². The second-order valence-corrected chi connectivity index (χ2v) is 2.96. The summed E-state index contributed by atoms with van der Waals surface area (Å²) in [5, 5.41) is 3.84. The van der Waals surface area contributed by atoms with E-state index in [2.05, 4.69) is 9.99 Å². The lowest BCUT2D eigenvalue weighted by atomic mass is 10.0. The molecule has 0 atom stereocenters. The largest absolute Gasteiger partial charge is 0.492 e. The van der Waals surface area contributed by atoms with Crippen LogP contribution < -0.4 is 4.74 Å². The predicted octanol–water partition coefficient (Wildman–Crippen LogP) is 1.96. The van der Waals surface area contributed by atoms with Crippen molar-refractivity contribution in [1.29, 1.82) is 0 Å². The molecule has 1 aromatic rings. The molecule has 0 fully saturated rings. The first kappa shape index (κ1) is 8.99. The van der Waals surface area contributed by atoms with Crippen LogP contribution >= 0.6 is 0 Å². The Hall–Kier alpha value is -1.58. The molecule has 74 valence electrons. The maximum absolute atomic E-state index is 13.0. The lowest BCUT2D eigenvalue weighted by molar-refractivity contribution is 0.210. The minimum absolute atomic E-state index is 0.293. The molecule has 0 unspecified atom stereocenters. The van der Waals surface area contributed by atoms with E-state index in [-0.39, 0.29) is 5.82 Å². The average molecular weight is 195 g/mol. The van der Waals surface area contributed by atoms with Gasteiger partial charge in [0.15, 0.2) is 0 Å². The molecule has 0 bridgehead atoms. The van der Waals surface area contributed by atoms with Crippen molar-refractivity contribution in [2.75, 3.05) is 13.7 Å². The molecule has 0 saturated carbocycles. The Kier molecular flexibility index (Phi) is 2.35. The van der Waals surface area contributed by atoms with Gasteiger partial charge in [0.2, 0.25) is 0 Å². The normalized spacial score (nSPS) is 17.4. The van der Waals surface area contributed by atoms with Gasteiger partial charge in [-0.1, -0.05) is 5.16 Å². The number of nitrogens with zero attached hydrogens (tertiary/aromatic N) is 1. The molecule has 14 heavy (non-hydrogen) atoms. The highest BCUT2D eigenvalue weighted by atomic mass is 19.1. The molecular formula is C10H10FNO2. The SMILES string of the molecule is CON=C1CCOc2ccc(F)cc21. The molecule has 1 aliphatic heterocycles. The van der Waals surface area contributed by atoms with Crippen molar-refractivity contribution < 1.29 is 14.0 Å². The summed E-state index contributed by atoms with van der Waals surface area (Å²) in [5.41, 5.74) is 1.41. The Morgan fingerprint density at radius 2 is 2.36 bits per heavy atom. The standard InChI is InChI=1S/C10H10FNO2/c1-13-12-9-4-5-14-10-3-2-7(11)6-8(9)10/h2-3,6H,4-5H2,1H3. The van der Waals surface area contributed by atoms with Gasteiger partial charge in [-0.15, -0.1) is 0 Å². The van der Waals surface area contributed by atoms with Crippen LogP contribution in [-0.4, -0.2) is 19.4 Å². The highest BCUT2D eigenvalue weighted by Crippen LogP contribution is 2.25. The number of oxime groups is 1. The van der Waals surface area contributed by atoms with Crippen molar-refractivity contribution >= 4 is 5.71 Å². The minimum atomic E-state index is -0.293. The van der Waals surface area contributed by atoms with Gasteiger partial charge in [-0.25, -0.2) is 4.39 Å². The Bertz CT molecular complexity index is 376. The van der Waals surface area contributed by atoms with E-state index in [0.29, 0.717) is 24.3 Å². The predicted molar refractivity (Wildman–Crippen MR) is 50.1 cm³/mol. The fourth-order valence-corrected chi connectivity index (χ4v) is 1.45. The Morgan fingerprint density at radius 1 is 1.50 bits per heavy atom. The first-order chi connectivity index (χ1) is 6.81. The van der Waals surface area contributed by atoms with Crippen molar-refractivity contribution in [2.45, 2.75) is 6.42 Å². The van der Waals surface area contributed by atoms with Crippen LogP contribution in [0.25, 0.3) is 0 Å². The Balaban J connectivity index is 2.47. The zero-order valence-electron chi connectivity index (χ0n) is 7.79. The maximum Gasteiger partial charge on any atom is 0.128 e. The summed E-state index contributed by atoms with van der Waals surface area (Å²) in [6.07, 6.45) is 0.643. The fraction of sp³-hybridized carbons (Fsp3) is 0.300. The van der Waals surface area contributed by atoms with Gasteiger partial charge < -0.3 is 9.57 Å². The van der Waals surface area contributed by atoms with Gasteiger partial charge in [-0.2, -0.15) is 0 Å². The molecule has 0 N–H and O–H groups in total. The van der Waals surface area contributed by atoms with E-state index in [9.17, 15) is 4.39 Å². The summed E-state index contributed by atoms with van der Waals surface area (Å²) in [4.78, 5) is 4.69. The molecule has 0 aliphatic carbocycles. The number of hydrogen-bond acceptors (Lipinski definition) is 3. The molecule has 0 amide bonds. The molecule has 0 radical (unpaired) electrons. The molecule has 2 rings (SSSR count). The Labute approximate surface area is 81.1 Å². The molecular weight excluding hydrogens is 185 g/mol. The van der Waals surface area contributed by atoms with E-state index < -0.39 is 0 Å². The highest BCUT2D eigenvalue weighted by molar-refractivity contribution is 6.03. The van der Waals surface area contributed by atoms with Gasteiger partial charge in [0.1, 0.15) is 18.7 Å². The minimum Gasteiger partial charge on any atom is -0.492 e. The third-order valence-corrected chi connectivity index (χ3v) is 2.05. The van der Waals surface area contributed by atoms with Crippen molar-refractivity contribution in [1.82, 2.24) is 0 Å². The van der Waals surface area contributed by atoms with Crippen molar-refractivity contribution in [3.8, 4) is 5.75 Å². The number of fused-ring (bicyclic) bond motifs is 1. The summed E-state index contributed by atoms with van der Waals surface area (Å²) >= 11 is 0. The highest BCUT2D eigenvalue weighted by Gasteiger charge is 2.17. The van der Waals surface area contributed by atoms with Crippen LogP contribution in [0.4, 0.5) is 4.39 Å². The van der Waals surface area contributed by atoms with Crippen LogP contribution in [0.1, 0.15) is 12.0 Å². The smallest absolute Gasteiger partial charge is 0.128 e. The monoisotopic (exact) mass is 195 g/mol. The van der Waals surface area contributed by atoms with E-state index in [0.717, 1.165) is 5.71 Å². The summed E-state index contributed by atoms with van der Waals surface area (Å²) < 4.78 is 18.3. The van der Waals surface area contributed by atoms with Crippen LogP contribution in [0.5, 0.6) is 5.75 Å². The Morgan fingerprint density at radius 3 is 3.14 bits per heavy atom. The summed E-state index contributed by atoms with van der Waals surface area (Å²) in [5.74, 6) is 0.367. The second kappa shape index (κ2) is 3.65. The molecule has 1 heterocycles. The quantitative estimate of drug-likeness (QED) is 0.641. The van der Waals surface area contributed by atoms with Gasteiger partial charge in [-0.05, 0) is 18.2 Å². The number of ether oxygens (including phenoxy) is 1. The molecule has 3 nitrogen and oxygen atoms in total. The first-order valence-electron chi connectivity index (χ1n) is 4.34. The van der Waals surface area contributed by atoms with E-state index in [1.54, 1.807) is 6.07 Å². The molecule has 0 saturated heterocycles. The van der Waals surface area contributed by atoms with Crippen LogP contribution in [0.2, 0.25) is 0 Å². The number of rotatable bonds is 1. The van der Waals surface area contributed by atoms with Crippen LogP contribution in [0.3, 0.4) is 0 Å². The number of benzene rings is 1. The molecule has 1 aromatic carbocycles. The third-order valence-electron chi connectivity index (χ3n) is 2.05. The molecule has 1 aliphatic rings. The van der Waals surface area contributed by atoms with E-state index >= 15 is 0 Å². The van der Waals surface area contributed by atoms with Crippen LogP contribution in [-0.2, 0) is 4.84 Å². The summed E-state index contributed by atoms with van der Waals surface area (Å²) in [6, 6.07) is 4.38. The van der Waals surface area contributed by atoms with E-state index in [1.807, 2.05) is 0 Å². The van der Waals surface area contributed by atoms with E-state index in [1.165, 1.54) is 19.2 Å². The molecule has 4 heteroatoms. The van der Waals surface area contributed by atoms with Crippen LogP contribution in [0, 0.1) is 5.82 Å². The lowest BCUT2D eigenvalue weighted by Gasteiger charge is -2.18. The van der Waals surface area contributed by atoms with Gasteiger partial charge in [0.05, 0.1) is 12.3 Å². The van der Waals surface area contributed by atoms with Crippen molar-refractivity contribution in [3.05, 3.63) is 29.6 Å². The van der Waals surface area contributed by atoms with Crippen molar-refractivity contribution in [3.63, 3.8) is 0 Å². The first-order valence-corrected chi connectivity index (χ1v) is 4.34. The topological polar surface area (TPSA) is 30.8 Å². The third kappa shape index (κ3) is 1.55. The second-order valence-electron chi connectivity index (χ2n) is 2.96. The zero-order valence-corrected chi connectivity index (χ0v) is 7.79. The summed E-state index contributed by atoms with van der Waals surface area (Å²) in [6.45, 7) is 0.556. The summed E-state index contributed by atoms with van der Waals surface area (Å²) in [7, 11) is 1.47. The zero-order chi connectivity index (χ0) is 9.97. The van der Waals surface area contributed by atoms with Crippen LogP contribution in [0.15, 0.2) is 23.4 Å². The maximum atomic E-state index is 13.0. The number of hydrogen-bond donors (Lipinski definition) is 0. The molecule has 0 spiro atoms. The van der Waals surface area contributed by atoms with Gasteiger partial charge in [-0.3, -0.25) is 0 Å².